The first-order valence-electron chi connectivity index (χ1n) is 4.98. The molecule has 0 amide bonds. The normalized spacial score (nSPS) is 15.5. The van der Waals surface area contributed by atoms with E-state index in [1.54, 1.807) is 0 Å². The molecule has 1 aliphatic rings. The predicted molar refractivity (Wildman–Crippen MR) is 51.5 cm³/mol. The van der Waals surface area contributed by atoms with Crippen molar-refractivity contribution >= 4 is 0 Å². The van der Waals surface area contributed by atoms with Gasteiger partial charge in [-0.2, -0.15) is 0 Å². The summed E-state index contributed by atoms with van der Waals surface area (Å²) in [6.07, 6.45) is 3.77. The molecule has 0 spiro atoms. The molecule has 0 aromatic carbocycles. The summed E-state index contributed by atoms with van der Waals surface area (Å²) < 4.78 is 1.38. The number of aliphatic hydroxyl groups excluding tert-OH is 1. The highest BCUT2D eigenvalue weighted by Gasteiger charge is 2.23. The van der Waals surface area contributed by atoms with Crippen molar-refractivity contribution in [3.8, 4) is 11.8 Å². The molecule has 0 atom stereocenters. The first kappa shape index (κ1) is 9.40. The average Bonchev–Trinajstić information content (AvgIpc) is 2.45. The summed E-state index contributed by atoms with van der Waals surface area (Å²) in [7, 11) is 0. The predicted octanol–water partition coefficient (Wildman–Crippen LogP) is 0.770. The van der Waals surface area contributed by atoms with Crippen LogP contribution in [0, 0.1) is 0 Å². The summed E-state index contributed by atoms with van der Waals surface area (Å²) in [5.74, 6) is 0.262. The van der Waals surface area contributed by atoms with Gasteiger partial charge < -0.3 is 15.3 Å². The van der Waals surface area contributed by atoms with Crippen molar-refractivity contribution in [1.82, 2.24) is 4.57 Å². The molecule has 2 rings (SSSR count). The summed E-state index contributed by atoms with van der Waals surface area (Å²) in [4.78, 5) is 0. The molecule has 0 unspecified atom stereocenters. The fraction of sp³-hybridized carbons (Fsp3) is 0.600. The van der Waals surface area contributed by atoms with Crippen LogP contribution in [0.25, 0.3) is 0 Å². The first-order chi connectivity index (χ1) is 6.75. The maximum atomic E-state index is 9.78. The molecular formula is C10H15NO3. The Kier molecular flexibility index (Phi) is 2.37. The minimum atomic E-state index is -0.0747. The largest absolute Gasteiger partial charge is 0.494 e. The molecule has 1 aromatic heterocycles. The van der Waals surface area contributed by atoms with Gasteiger partial charge in [-0.1, -0.05) is 0 Å². The van der Waals surface area contributed by atoms with E-state index >= 15 is 0 Å². The number of hydrogen-bond acceptors (Lipinski definition) is 3. The molecule has 1 aromatic rings. The maximum Gasteiger partial charge on any atom is 0.197 e. The number of aliphatic hydroxyl groups is 1. The molecule has 78 valence electrons. The molecule has 0 saturated carbocycles. The maximum absolute atomic E-state index is 9.78. The van der Waals surface area contributed by atoms with Crippen LogP contribution < -0.4 is 0 Å². The number of fused-ring (bicyclic) bond motifs is 1. The van der Waals surface area contributed by atoms with E-state index in [1.165, 1.54) is 4.57 Å². The van der Waals surface area contributed by atoms with Crippen molar-refractivity contribution < 1.29 is 15.3 Å². The van der Waals surface area contributed by atoms with Crippen LogP contribution in [0.3, 0.4) is 0 Å². The molecule has 0 aliphatic heterocycles. The monoisotopic (exact) mass is 197 g/mol. The van der Waals surface area contributed by atoms with Crippen LogP contribution in [-0.2, 0) is 19.4 Å². The second kappa shape index (κ2) is 3.53. The zero-order valence-corrected chi connectivity index (χ0v) is 8.03. The Labute approximate surface area is 82.4 Å². The third-order valence-corrected chi connectivity index (χ3v) is 2.84. The van der Waals surface area contributed by atoms with Gasteiger partial charge in [0.1, 0.15) is 0 Å². The van der Waals surface area contributed by atoms with E-state index in [0.717, 1.165) is 36.8 Å². The number of hydrogen-bond donors (Lipinski definition) is 3. The van der Waals surface area contributed by atoms with E-state index in [0.29, 0.717) is 0 Å². The minimum Gasteiger partial charge on any atom is -0.494 e. The standard InChI is InChI=1S/C10H15NO3/c12-6-5-11-9(13)7-3-1-2-4-8(7)10(11)14/h12-14H,1-6H2. The zero-order chi connectivity index (χ0) is 10.1. The van der Waals surface area contributed by atoms with Crippen LogP contribution in [-0.4, -0.2) is 26.5 Å². The van der Waals surface area contributed by atoms with Crippen molar-refractivity contribution in [3.05, 3.63) is 11.1 Å². The van der Waals surface area contributed by atoms with Crippen LogP contribution in [0.4, 0.5) is 0 Å². The Morgan fingerprint density at radius 1 is 1.00 bits per heavy atom. The summed E-state index contributed by atoms with van der Waals surface area (Å²) >= 11 is 0. The molecule has 3 N–H and O–H groups in total. The lowest BCUT2D eigenvalue weighted by atomic mass is 9.95. The fourth-order valence-electron chi connectivity index (χ4n) is 2.14. The number of nitrogens with zero attached hydrogens (tertiary/aromatic N) is 1. The van der Waals surface area contributed by atoms with Crippen LogP contribution in [0.15, 0.2) is 0 Å². The molecule has 0 fully saturated rings. The molecule has 14 heavy (non-hydrogen) atoms. The Morgan fingerprint density at radius 3 is 1.93 bits per heavy atom. The van der Waals surface area contributed by atoms with Crippen LogP contribution >= 0.6 is 0 Å². The van der Waals surface area contributed by atoms with Crippen molar-refractivity contribution in [2.45, 2.75) is 32.2 Å². The van der Waals surface area contributed by atoms with Crippen LogP contribution in [0.2, 0.25) is 0 Å². The summed E-state index contributed by atoms with van der Waals surface area (Å²) in [6, 6.07) is 0. The third kappa shape index (κ3) is 1.26. The second-order valence-corrected chi connectivity index (χ2v) is 3.69. The second-order valence-electron chi connectivity index (χ2n) is 3.69. The highest BCUT2D eigenvalue weighted by molar-refractivity contribution is 5.46. The smallest absolute Gasteiger partial charge is 0.197 e. The van der Waals surface area contributed by atoms with Crippen molar-refractivity contribution in [3.63, 3.8) is 0 Å². The highest BCUT2D eigenvalue weighted by Crippen LogP contribution is 2.38. The Hall–Kier alpha value is -1.16. The van der Waals surface area contributed by atoms with E-state index in [-0.39, 0.29) is 24.9 Å². The van der Waals surface area contributed by atoms with E-state index in [9.17, 15) is 10.2 Å². The van der Waals surface area contributed by atoms with Gasteiger partial charge in [-0.3, -0.25) is 4.57 Å². The van der Waals surface area contributed by atoms with Gasteiger partial charge in [0.25, 0.3) is 0 Å². The van der Waals surface area contributed by atoms with Crippen molar-refractivity contribution in [1.29, 1.82) is 0 Å². The van der Waals surface area contributed by atoms with E-state index in [4.69, 9.17) is 5.11 Å². The zero-order valence-electron chi connectivity index (χ0n) is 8.03. The molecule has 0 saturated heterocycles. The van der Waals surface area contributed by atoms with Gasteiger partial charge in [0.05, 0.1) is 13.2 Å². The average molecular weight is 197 g/mol. The van der Waals surface area contributed by atoms with Gasteiger partial charge in [0.15, 0.2) is 11.8 Å². The van der Waals surface area contributed by atoms with Gasteiger partial charge in [-0.25, -0.2) is 0 Å². The summed E-state index contributed by atoms with van der Waals surface area (Å²) in [5, 5.41) is 28.3. The first-order valence-corrected chi connectivity index (χ1v) is 4.98. The Bertz CT molecular complexity index is 314. The highest BCUT2D eigenvalue weighted by atomic mass is 16.3. The fourth-order valence-corrected chi connectivity index (χ4v) is 2.14. The number of aromatic nitrogens is 1. The lowest BCUT2D eigenvalue weighted by Gasteiger charge is -2.09. The van der Waals surface area contributed by atoms with E-state index in [1.807, 2.05) is 0 Å². The number of rotatable bonds is 2. The topological polar surface area (TPSA) is 65.6 Å². The molecule has 0 bridgehead atoms. The lowest BCUT2D eigenvalue weighted by molar-refractivity contribution is 0.256. The van der Waals surface area contributed by atoms with Gasteiger partial charge in [-0.15, -0.1) is 0 Å². The van der Waals surface area contributed by atoms with E-state index in [2.05, 4.69) is 0 Å². The molecule has 4 heteroatoms. The van der Waals surface area contributed by atoms with Crippen LogP contribution in [0.1, 0.15) is 24.0 Å². The Morgan fingerprint density at radius 2 is 1.50 bits per heavy atom. The lowest BCUT2D eigenvalue weighted by Crippen LogP contribution is -2.00. The van der Waals surface area contributed by atoms with E-state index < -0.39 is 0 Å². The molecule has 1 heterocycles. The SMILES string of the molecule is OCCn1c(O)c2c(c1O)CCCC2. The summed E-state index contributed by atoms with van der Waals surface area (Å²) in [5.41, 5.74) is 1.73. The third-order valence-electron chi connectivity index (χ3n) is 2.84. The quantitative estimate of drug-likeness (QED) is 0.656. The van der Waals surface area contributed by atoms with Gasteiger partial charge >= 0.3 is 0 Å². The molecule has 4 nitrogen and oxygen atoms in total. The van der Waals surface area contributed by atoms with Gasteiger partial charge in [-0.05, 0) is 25.7 Å². The Balaban J connectivity index is 2.46. The summed E-state index contributed by atoms with van der Waals surface area (Å²) in [6.45, 7) is 0.180. The van der Waals surface area contributed by atoms with Gasteiger partial charge in [0.2, 0.25) is 0 Å². The minimum absolute atomic E-state index is 0.0747. The van der Waals surface area contributed by atoms with Crippen molar-refractivity contribution in [2.24, 2.45) is 0 Å². The molecular weight excluding hydrogens is 182 g/mol. The van der Waals surface area contributed by atoms with Gasteiger partial charge in [0, 0.05) is 11.1 Å². The molecule has 0 radical (unpaired) electrons. The number of aromatic hydroxyl groups is 2. The van der Waals surface area contributed by atoms with Crippen molar-refractivity contribution in [2.75, 3.05) is 6.61 Å². The molecule has 1 aliphatic carbocycles. The van der Waals surface area contributed by atoms with Crippen LogP contribution in [0.5, 0.6) is 11.8 Å².